The predicted octanol–water partition coefficient (Wildman–Crippen LogP) is 4.81. The van der Waals surface area contributed by atoms with Crippen LogP contribution in [-0.4, -0.2) is 42.1 Å². The summed E-state index contributed by atoms with van der Waals surface area (Å²) in [6.07, 6.45) is -4.47. The van der Waals surface area contributed by atoms with Crippen LogP contribution in [0.15, 0.2) is 42.5 Å². The molecule has 1 saturated heterocycles. The molecule has 5 nitrogen and oxygen atoms in total. The van der Waals surface area contributed by atoms with Gasteiger partial charge in [0.2, 0.25) is 0 Å². The van der Waals surface area contributed by atoms with Crippen LogP contribution in [0.1, 0.15) is 5.56 Å². The van der Waals surface area contributed by atoms with Crippen molar-refractivity contribution in [1.82, 2.24) is 9.88 Å². The molecule has 2 aromatic carbocycles. The van der Waals surface area contributed by atoms with E-state index in [4.69, 9.17) is 0 Å². The van der Waals surface area contributed by atoms with Gasteiger partial charge in [0, 0.05) is 31.9 Å². The lowest BCUT2D eigenvalue weighted by Crippen LogP contribution is -2.50. The van der Waals surface area contributed by atoms with Crippen molar-refractivity contribution in [2.24, 2.45) is 0 Å². The summed E-state index contributed by atoms with van der Waals surface area (Å²) in [7, 11) is 0. The van der Waals surface area contributed by atoms with Gasteiger partial charge < -0.3 is 15.1 Å². The number of anilines is 2. The summed E-state index contributed by atoms with van der Waals surface area (Å²) < 4.78 is 53.0. The van der Waals surface area contributed by atoms with E-state index in [2.05, 4.69) is 10.3 Å². The highest BCUT2D eigenvalue weighted by Crippen LogP contribution is 2.32. The average Bonchev–Trinajstić information content (AvgIpc) is 3.13. The minimum Gasteiger partial charge on any atom is -0.345 e. The number of nitrogens with one attached hydrogen (secondary N) is 1. The second-order valence-electron chi connectivity index (χ2n) is 6.57. The van der Waals surface area contributed by atoms with E-state index in [1.54, 1.807) is 12.1 Å². The van der Waals surface area contributed by atoms with Crippen LogP contribution < -0.4 is 10.2 Å². The molecule has 2 amide bonds. The summed E-state index contributed by atoms with van der Waals surface area (Å²) in [5.41, 5.74) is -0.394. The largest absolute Gasteiger partial charge is 0.416 e. The molecule has 10 heteroatoms. The minimum absolute atomic E-state index is 0.0916. The molecule has 1 aliphatic heterocycles. The zero-order valence-electron chi connectivity index (χ0n) is 15.0. The summed E-state index contributed by atoms with van der Waals surface area (Å²) in [5, 5.41) is 3.20. The second kappa shape index (κ2) is 7.51. The number of halogens is 4. The quantitative estimate of drug-likeness (QED) is 0.601. The Morgan fingerprint density at radius 2 is 1.79 bits per heavy atom. The van der Waals surface area contributed by atoms with E-state index in [9.17, 15) is 22.4 Å². The number of alkyl halides is 3. The summed E-state index contributed by atoms with van der Waals surface area (Å²) >= 11 is 1.38. The number of carbonyl (C=O) groups is 1. The topological polar surface area (TPSA) is 48.5 Å². The van der Waals surface area contributed by atoms with E-state index in [1.807, 2.05) is 4.90 Å². The number of aromatic nitrogens is 1. The van der Waals surface area contributed by atoms with Crippen molar-refractivity contribution in [3.63, 3.8) is 0 Å². The molecule has 1 aromatic heterocycles. The standard InChI is InChI=1S/C19H16F4N4OS/c20-14-5-2-6-15-16(14)25-18(29-15)27-9-7-26(8-10-27)17(28)24-13-4-1-3-12(11-13)19(21,22)23/h1-6,11H,7-10H2,(H,24,28). The van der Waals surface area contributed by atoms with Crippen molar-refractivity contribution in [3.8, 4) is 0 Å². The SMILES string of the molecule is O=C(Nc1cccc(C(F)(F)F)c1)N1CCN(c2nc3c(F)cccc3s2)CC1. The molecule has 0 atom stereocenters. The number of rotatable bonds is 2. The van der Waals surface area contributed by atoms with Gasteiger partial charge in [-0.25, -0.2) is 14.2 Å². The van der Waals surface area contributed by atoms with Gasteiger partial charge in [-0.05, 0) is 30.3 Å². The van der Waals surface area contributed by atoms with Gasteiger partial charge in [0.1, 0.15) is 11.3 Å². The summed E-state index contributed by atoms with van der Waals surface area (Å²) in [4.78, 5) is 20.3. The Labute approximate surface area is 167 Å². The van der Waals surface area contributed by atoms with Crippen LogP contribution >= 0.6 is 11.3 Å². The molecule has 0 saturated carbocycles. The van der Waals surface area contributed by atoms with Gasteiger partial charge >= 0.3 is 12.2 Å². The Morgan fingerprint density at radius 1 is 1.07 bits per heavy atom. The number of piperazine rings is 1. The fourth-order valence-electron chi connectivity index (χ4n) is 3.12. The zero-order chi connectivity index (χ0) is 20.6. The number of hydrogen-bond donors (Lipinski definition) is 1. The first-order valence-corrected chi connectivity index (χ1v) is 9.66. The highest BCUT2D eigenvalue weighted by Gasteiger charge is 2.31. The molecule has 3 aromatic rings. The van der Waals surface area contributed by atoms with Crippen LogP contribution in [0, 0.1) is 5.82 Å². The first kappa shape index (κ1) is 19.4. The van der Waals surface area contributed by atoms with Crippen molar-refractivity contribution >= 4 is 38.4 Å². The molecule has 1 N–H and O–H groups in total. The number of thiazole rings is 1. The maximum absolute atomic E-state index is 13.8. The molecule has 1 fully saturated rings. The van der Waals surface area contributed by atoms with Gasteiger partial charge in [0.05, 0.1) is 10.3 Å². The number of urea groups is 1. The Hall–Kier alpha value is -2.88. The number of benzene rings is 2. The van der Waals surface area contributed by atoms with Crippen molar-refractivity contribution in [1.29, 1.82) is 0 Å². The molecular weight excluding hydrogens is 408 g/mol. The molecular formula is C19H16F4N4OS. The highest BCUT2D eigenvalue weighted by molar-refractivity contribution is 7.22. The van der Waals surface area contributed by atoms with Crippen LogP contribution in [0.25, 0.3) is 10.2 Å². The molecule has 1 aliphatic rings. The molecule has 2 heterocycles. The summed E-state index contributed by atoms with van der Waals surface area (Å²) in [6.45, 7) is 1.75. The van der Waals surface area contributed by atoms with Crippen LogP contribution in [0.4, 0.5) is 33.2 Å². The molecule has 0 spiro atoms. The normalized spacial score (nSPS) is 15.0. The predicted molar refractivity (Wildman–Crippen MR) is 104 cm³/mol. The van der Waals surface area contributed by atoms with Crippen molar-refractivity contribution in [3.05, 3.63) is 53.8 Å². The van der Waals surface area contributed by atoms with Crippen LogP contribution in [0.3, 0.4) is 0 Å². The maximum atomic E-state index is 13.8. The third-order valence-electron chi connectivity index (χ3n) is 4.64. The van der Waals surface area contributed by atoms with Gasteiger partial charge in [-0.1, -0.05) is 23.5 Å². The van der Waals surface area contributed by atoms with Gasteiger partial charge in [0.15, 0.2) is 5.13 Å². The number of para-hydroxylation sites is 1. The average molecular weight is 424 g/mol. The van der Waals surface area contributed by atoms with Crippen molar-refractivity contribution in [2.45, 2.75) is 6.18 Å². The Bertz CT molecular complexity index is 1040. The fraction of sp³-hybridized carbons (Fsp3) is 0.263. The van der Waals surface area contributed by atoms with Crippen LogP contribution in [-0.2, 0) is 6.18 Å². The number of carbonyl (C=O) groups excluding carboxylic acids is 1. The smallest absolute Gasteiger partial charge is 0.345 e. The van der Waals surface area contributed by atoms with Gasteiger partial charge in [0.25, 0.3) is 0 Å². The van der Waals surface area contributed by atoms with E-state index >= 15 is 0 Å². The van der Waals surface area contributed by atoms with Gasteiger partial charge in [-0.3, -0.25) is 0 Å². The highest BCUT2D eigenvalue weighted by atomic mass is 32.1. The molecule has 152 valence electrons. The lowest BCUT2D eigenvalue weighted by atomic mass is 10.2. The zero-order valence-corrected chi connectivity index (χ0v) is 15.9. The first-order chi connectivity index (χ1) is 13.8. The number of hydrogen-bond acceptors (Lipinski definition) is 4. The third-order valence-corrected chi connectivity index (χ3v) is 5.72. The molecule has 0 unspecified atom stereocenters. The molecule has 0 radical (unpaired) electrons. The van der Waals surface area contributed by atoms with Gasteiger partial charge in [-0.2, -0.15) is 13.2 Å². The van der Waals surface area contributed by atoms with E-state index in [1.165, 1.54) is 34.4 Å². The van der Waals surface area contributed by atoms with Crippen molar-refractivity contribution < 1.29 is 22.4 Å². The van der Waals surface area contributed by atoms with Crippen LogP contribution in [0.2, 0.25) is 0 Å². The van der Waals surface area contributed by atoms with E-state index in [0.717, 1.165) is 16.8 Å². The Morgan fingerprint density at radius 3 is 2.48 bits per heavy atom. The minimum atomic E-state index is -4.47. The van der Waals surface area contributed by atoms with E-state index in [0.29, 0.717) is 36.8 Å². The van der Waals surface area contributed by atoms with Gasteiger partial charge in [-0.15, -0.1) is 0 Å². The second-order valence-corrected chi connectivity index (χ2v) is 7.57. The third kappa shape index (κ3) is 4.12. The maximum Gasteiger partial charge on any atom is 0.416 e. The first-order valence-electron chi connectivity index (χ1n) is 8.84. The monoisotopic (exact) mass is 424 g/mol. The lowest BCUT2D eigenvalue weighted by Gasteiger charge is -2.34. The summed E-state index contributed by atoms with van der Waals surface area (Å²) in [6, 6.07) is 8.87. The van der Waals surface area contributed by atoms with E-state index < -0.39 is 17.8 Å². The Balaban J connectivity index is 1.39. The number of fused-ring (bicyclic) bond motifs is 1. The van der Waals surface area contributed by atoms with Crippen molar-refractivity contribution in [2.75, 3.05) is 36.4 Å². The number of nitrogens with zero attached hydrogens (tertiary/aromatic N) is 3. The van der Waals surface area contributed by atoms with E-state index in [-0.39, 0.29) is 11.5 Å². The molecule has 29 heavy (non-hydrogen) atoms. The fourth-order valence-corrected chi connectivity index (χ4v) is 4.15. The summed E-state index contributed by atoms with van der Waals surface area (Å²) in [5.74, 6) is -0.371. The molecule has 0 aliphatic carbocycles. The molecule has 0 bridgehead atoms. The van der Waals surface area contributed by atoms with Crippen LogP contribution in [0.5, 0.6) is 0 Å². The Kier molecular flexibility index (Phi) is 5.03. The number of amides is 2. The lowest BCUT2D eigenvalue weighted by molar-refractivity contribution is -0.137. The molecule has 4 rings (SSSR count).